The molecule has 19 heavy (non-hydrogen) atoms. The number of hydrogen-bond donors (Lipinski definition) is 2. The zero-order valence-electron chi connectivity index (χ0n) is 11.9. The first-order valence-electron chi connectivity index (χ1n) is 7.83. The largest absolute Gasteiger partial charge is 0.271 e. The van der Waals surface area contributed by atoms with E-state index in [2.05, 4.69) is 36.6 Å². The van der Waals surface area contributed by atoms with Gasteiger partial charge in [0.05, 0.1) is 0 Å². The van der Waals surface area contributed by atoms with Crippen LogP contribution in [0.5, 0.6) is 0 Å². The smallest absolute Gasteiger partial charge is 0.0307 e. The molecule has 0 amide bonds. The summed E-state index contributed by atoms with van der Waals surface area (Å²) in [4.78, 5) is 0. The Labute approximate surface area is 116 Å². The fraction of sp³-hybridized carbons (Fsp3) is 0.647. The fourth-order valence-electron chi connectivity index (χ4n) is 4.35. The lowest BCUT2D eigenvalue weighted by Gasteiger charge is -2.36. The van der Waals surface area contributed by atoms with Gasteiger partial charge in [0.2, 0.25) is 0 Å². The molecular weight excluding hydrogens is 232 g/mol. The maximum atomic E-state index is 5.94. The topological polar surface area (TPSA) is 38.0 Å². The van der Waals surface area contributed by atoms with Crippen molar-refractivity contribution in [2.45, 2.75) is 57.4 Å². The molecule has 0 spiro atoms. The van der Waals surface area contributed by atoms with Crippen LogP contribution in [0.25, 0.3) is 0 Å². The molecule has 104 valence electrons. The standard InChI is InChI=1S/C17H26N2/c1-12-5-4-7-14(11-12)17(19-18)16-10-9-13-6-2-3-8-15(13)16/h2-3,6,8,12,14,16-17,19H,4-5,7,9-11,18H2,1H3. The number of aryl methyl sites for hydroxylation is 1. The maximum absolute atomic E-state index is 5.94. The fourth-order valence-corrected chi connectivity index (χ4v) is 4.35. The Hall–Kier alpha value is -0.860. The van der Waals surface area contributed by atoms with E-state index in [1.165, 1.54) is 44.1 Å². The second kappa shape index (κ2) is 5.64. The average Bonchev–Trinajstić information content (AvgIpc) is 2.84. The van der Waals surface area contributed by atoms with Crippen molar-refractivity contribution >= 4 is 0 Å². The Morgan fingerprint density at radius 3 is 2.84 bits per heavy atom. The van der Waals surface area contributed by atoms with Crippen molar-refractivity contribution < 1.29 is 0 Å². The SMILES string of the molecule is CC1CCCC(C(NN)C2CCc3ccccc32)C1. The lowest BCUT2D eigenvalue weighted by Crippen LogP contribution is -2.46. The maximum Gasteiger partial charge on any atom is 0.0307 e. The van der Waals surface area contributed by atoms with Crippen LogP contribution in [0, 0.1) is 11.8 Å². The Bertz CT molecular complexity index is 429. The van der Waals surface area contributed by atoms with Crippen LogP contribution >= 0.6 is 0 Å². The summed E-state index contributed by atoms with van der Waals surface area (Å²) in [5.74, 6) is 8.18. The summed E-state index contributed by atoms with van der Waals surface area (Å²) in [6, 6.07) is 9.39. The molecule has 0 heterocycles. The summed E-state index contributed by atoms with van der Waals surface area (Å²) < 4.78 is 0. The zero-order valence-corrected chi connectivity index (χ0v) is 11.9. The highest BCUT2D eigenvalue weighted by Crippen LogP contribution is 2.41. The van der Waals surface area contributed by atoms with Crippen molar-refractivity contribution in [1.82, 2.24) is 5.43 Å². The zero-order chi connectivity index (χ0) is 13.2. The van der Waals surface area contributed by atoms with Gasteiger partial charge in [-0.25, -0.2) is 0 Å². The molecule has 2 nitrogen and oxygen atoms in total. The molecule has 3 rings (SSSR count). The van der Waals surface area contributed by atoms with Crippen LogP contribution in [-0.4, -0.2) is 6.04 Å². The van der Waals surface area contributed by atoms with Gasteiger partial charge >= 0.3 is 0 Å². The van der Waals surface area contributed by atoms with Crippen LogP contribution in [0.4, 0.5) is 0 Å². The van der Waals surface area contributed by atoms with E-state index in [4.69, 9.17) is 5.84 Å². The molecule has 0 aliphatic heterocycles. The second-order valence-corrected chi connectivity index (χ2v) is 6.57. The molecule has 0 aromatic heterocycles. The number of nitrogens with one attached hydrogen (secondary N) is 1. The molecule has 4 unspecified atom stereocenters. The molecule has 0 bridgehead atoms. The molecule has 1 saturated carbocycles. The van der Waals surface area contributed by atoms with Gasteiger partial charge < -0.3 is 0 Å². The number of hydrogen-bond acceptors (Lipinski definition) is 2. The molecule has 1 aromatic rings. The summed E-state index contributed by atoms with van der Waals surface area (Å²) in [7, 11) is 0. The van der Waals surface area contributed by atoms with Gasteiger partial charge in [-0.2, -0.15) is 0 Å². The van der Waals surface area contributed by atoms with Gasteiger partial charge in [-0.1, -0.05) is 44.0 Å². The Morgan fingerprint density at radius 2 is 2.05 bits per heavy atom. The van der Waals surface area contributed by atoms with E-state index in [0.29, 0.717) is 12.0 Å². The molecule has 2 heteroatoms. The lowest BCUT2D eigenvalue weighted by atomic mass is 9.74. The van der Waals surface area contributed by atoms with Crippen LogP contribution in [0.15, 0.2) is 24.3 Å². The van der Waals surface area contributed by atoms with Crippen molar-refractivity contribution in [2.75, 3.05) is 0 Å². The molecule has 1 fully saturated rings. The highest BCUT2D eigenvalue weighted by molar-refractivity contribution is 5.36. The van der Waals surface area contributed by atoms with E-state index in [0.717, 1.165) is 11.8 Å². The van der Waals surface area contributed by atoms with Crippen molar-refractivity contribution in [1.29, 1.82) is 0 Å². The van der Waals surface area contributed by atoms with Crippen LogP contribution in [0.2, 0.25) is 0 Å². The molecule has 2 aliphatic rings. The van der Waals surface area contributed by atoms with Crippen LogP contribution in [0.1, 0.15) is 56.1 Å². The van der Waals surface area contributed by atoms with Crippen LogP contribution < -0.4 is 11.3 Å². The van der Waals surface area contributed by atoms with E-state index >= 15 is 0 Å². The molecular formula is C17H26N2. The monoisotopic (exact) mass is 258 g/mol. The van der Waals surface area contributed by atoms with E-state index in [-0.39, 0.29) is 0 Å². The first-order valence-corrected chi connectivity index (χ1v) is 7.83. The number of hydrazine groups is 1. The number of rotatable bonds is 3. The number of nitrogens with two attached hydrogens (primary N) is 1. The molecule has 0 saturated heterocycles. The highest BCUT2D eigenvalue weighted by atomic mass is 15.2. The van der Waals surface area contributed by atoms with Gasteiger partial charge in [-0.3, -0.25) is 11.3 Å². The van der Waals surface area contributed by atoms with E-state index in [1.807, 2.05) is 0 Å². The predicted molar refractivity (Wildman–Crippen MR) is 79.7 cm³/mol. The number of benzene rings is 1. The van der Waals surface area contributed by atoms with Crippen molar-refractivity contribution in [3.63, 3.8) is 0 Å². The minimum Gasteiger partial charge on any atom is -0.271 e. The van der Waals surface area contributed by atoms with Crippen molar-refractivity contribution in [3.05, 3.63) is 35.4 Å². The van der Waals surface area contributed by atoms with E-state index < -0.39 is 0 Å². The van der Waals surface area contributed by atoms with Crippen LogP contribution in [-0.2, 0) is 6.42 Å². The molecule has 3 N–H and O–H groups in total. The van der Waals surface area contributed by atoms with Gasteiger partial charge in [0.15, 0.2) is 0 Å². The lowest BCUT2D eigenvalue weighted by molar-refractivity contribution is 0.201. The first-order chi connectivity index (χ1) is 9.29. The van der Waals surface area contributed by atoms with Crippen molar-refractivity contribution in [2.24, 2.45) is 17.7 Å². The average molecular weight is 258 g/mol. The number of fused-ring (bicyclic) bond motifs is 1. The third-order valence-electron chi connectivity index (χ3n) is 5.29. The third kappa shape index (κ3) is 2.56. The molecule has 0 radical (unpaired) electrons. The Kier molecular flexibility index (Phi) is 3.90. The molecule has 4 atom stereocenters. The van der Waals surface area contributed by atoms with Crippen molar-refractivity contribution in [3.8, 4) is 0 Å². The Morgan fingerprint density at radius 1 is 1.21 bits per heavy atom. The minimum absolute atomic E-state index is 0.464. The summed E-state index contributed by atoms with van der Waals surface area (Å²) in [6.07, 6.45) is 7.94. The normalized spacial score (nSPS) is 32.0. The highest BCUT2D eigenvalue weighted by Gasteiger charge is 2.35. The van der Waals surface area contributed by atoms with Gasteiger partial charge in [0.1, 0.15) is 0 Å². The van der Waals surface area contributed by atoms with Crippen LogP contribution in [0.3, 0.4) is 0 Å². The van der Waals surface area contributed by atoms with E-state index in [9.17, 15) is 0 Å². The second-order valence-electron chi connectivity index (χ2n) is 6.57. The first kappa shape index (κ1) is 13.1. The summed E-state index contributed by atoms with van der Waals surface area (Å²) in [5, 5.41) is 0. The predicted octanol–water partition coefficient (Wildman–Crippen LogP) is 3.37. The van der Waals surface area contributed by atoms with Gasteiger partial charge in [-0.15, -0.1) is 0 Å². The van der Waals surface area contributed by atoms with Gasteiger partial charge in [0, 0.05) is 12.0 Å². The summed E-state index contributed by atoms with van der Waals surface area (Å²) >= 11 is 0. The Balaban J connectivity index is 1.80. The third-order valence-corrected chi connectivity index (χ3v) is 5.29. The molecule has 1 aromatic carbocycles. The van der Waals surface area contributed by atoms with Gasteiger partial charge in [0.25, 0.3) is 0 Å². The van der Waals surface area contributed by atoms with Gasteiger partial charge in [-0.05, 0) is 48.6 Å². The summed E-state index contributed by atoms with van der Waals surface area (Å²) in [6.45, 7) is 2.39. The van der Waals surface area contributed by atoms with E-state index in [1.54, 1.807) is 5.56 Å². The minimum atomic E-state index is 0.464. The molecule has 2 aliphatic carbocycles. The summed E-state index contributed by atoms with van der Waals surface area (Å²) in [5.41, 5.74) is 6.26. The quantitative estimate of drug-likeness (QED) is 0.644.